The largest absolute Gasteiger partial charge is 0.364 e. The average molecular weight is 435 g/mol. The predicted octanol–water partition coefficient (Wildman–Crippen LogP) is 4.44. The molecule has 31 heavy (non-hydrogen) atoms. The Morgan fingerprint density at radius 1 is 1.13 bits per heavy atom. The van der Waals surface area contributed by atoms with Crippen LogP contribution in [0.4, 0.5) is 0 Å². The van der Waals surface area contributed by atoms with Gasteiger partial charge in [0.1, 0.15) is 6.33 Å². The maximum Gasteiger partial charge on any atom is 0.277 e. The fourth-order valence-corrected chi connectivity index (χ4v) is 4.50. The van der Waals surface area contributed by atoms with Gasteiger partial charge in [-0.1, -0.05) is 32.9 Å². The van der Waals surface area contributed by atoms with Gasteiger partial charge in [0.05, 0.1) is 23.0 Å². The van der Waals surface area contributed by atoms with Gasteiger partial charge in [-0.3, -0.25) is 9.89 Å². The van der Waals surface area contributed by atoms with E-state index in [-0.39, 0.29) is 5.41 Å². The Hall–Kier alpha value is -3.13. The van der Waals surface area contributed by atoms with Crippen LogP contribution >= 0.6 is 11.3 Å². The molecule has 160 valence electrons. The molecule has 8 heteroatoms. The number of amides is 1. The molecule has 0 unspecified atom stereocenters. The molecular formula is C23H26N6OS. The van der Waals surface area contributed by atoms with Gasteiger partial charge in [-0.25, -0.2) is 15.0 Å². The zero-order valence-corrected chi connectivity index (χ0v) is 18.8. The second-order valence-corrected chi connectivity index (χ2v) is 9.56. The van der Waals surface area contributed by atoms with Gasteiger partial charge in [0.25, 0.3) is 5.91 Å². The van der Waals surface area contributed by atoms with Crippen molar-refractivity contribution in [2.45, 2.75) is 51.9 Å². The van der Waals surface area contributed by atoms with Gasteiger partial charge >= 0.3 is 0 Å². The number of hydrogen-bond donors (Lipinski definition) is 2. The maximum absolute atomic E-state index is 10.7. The predicted molar refractivity (Wildman–Crippen MR) is 123 cm³/mol. The molecule has 1 aromatic carbocycles. The first-order valence-electron chi connectivity index (χ1n) is 10.3. The molecule has 0 saturated heterocycles. The monoisotopic (exact) mass is 434 g/mol. The van der Waals surface area contributed by atoms with Gasteiger partial charge in [-0.15, -0.1) is 11.3 Å². The van der Waals surface area contributed by atoms with Crippen molar-refractivity contribution in [1.29, 1.82) is 0 Å². The van der Waals surface area contributed by atoms with Crippen molar-refractivity contribution in [3.05, 3.63) is 57.9 Å². The number of aryl methyl sites for hydroxylation is 2. The molecule has 1 aliphatic carbocycles. The molecule has 0 bridgehead atoms. The summed E-state index contributed by atoms with van der Waals surface area (Å²) in [5, 5.41) is 10.2. The van der Waals surface area contributed by atoms with Crippen LogP contribution in [0.2, 0.25) is 0 Å². The minimum Gasteiger partial charge on any atom is -0.364 e. The molecule has 0 aliphatic heterocycles. The molecule has 0 fully saturated rings. The number of rotatable bonds is 2. The summed E-state index contributed by atoms with van der Waals surface area (Å²) in [4.78, 5) is 23.4. The normalized spacial score (nSPS) is 13.4. The molecule has 0 radical (unpaired) electrons. The van der Waals surface area contributed by atoms with Gasteiger partial charge < -0.3 is 5.73 Å². The first kappa shape index (κ1) is 21.1. The number of H-pyrrole nitrogens is 1. The zero-order chi connectivity index (χ0) is 22.0. The van der Waals surface area contributed by atoms with Gasteiger partial charge in [0.2, 0.25) is 0 Å². The third kappa shape index (κ3) is 4.64. The van der Waals surface area contributed by atoms with Crippen molar-refractivity contribution in [3.63, 3.8) is 0 Å². The fraction of sp³-hybridized carbons (Fsp3) is 0.348. The van der Waals surface area contributed by atoms with Crippen LogP contribution in [-0.2, 0) is 18.3 Å². The average Bonchev–Trinajstić information content (AvgIpc) is 3.43. The highest BCUT2D eigenvalue weighted by atomic mass is 32.1. The van der Waals surface area contributed by atoms with E-state index in [4.69, 9.17) is 5.73 Å². The second kappa shape index (κ2) is 8.55. The number of nitrogens with two attached hydrogens (primary N) is 1. The van der Waals surface area contributed by atoms with E-state index >= 15 is 0 Å². The van der Waals surface area contributed by atoms with Crippen molar-refractivity contribution in [1.82, 2.24) is 25.1 Å². The van der Waals surface area contributed by atoms with Gasteiger partial charge in [0.15, 0.2) is 10.7 Å². The maximum atomic E-state index is 10.7. The summed E-state index contributed by atoms with van der Waals surface area (Å²) >= 11 is 1.30. The number of hydrogen-bond acceptors (Lipinski definition) is 6. The molecular weight excluding hydrogens is 408 g/mol. The van der Waals surface area contributed by atoms with Crippen LogP contribution in [0.5, 0.6) is 0 Å². The first-order valence-corrected chi connectivity index (χ1v) is 11.2. The van der Waals surface area contributed by atoms with Crippen LogP contribution in [0.15, 0.2) is 36.1 Å². The Morgan fingerprint density at radius 3 is 2.58 bits per heavy atom. The number of nitrogens with zero attached hydrogens (tertiary/aromatic N) is 4. The summed E-state index contributed by atoms with van der Waals surface area (Å²) in [5.41, 5.74) is 11.9. The van der Waals surface area contributed by atoms with Crippen LogP contribution in [0, 0.1) is 0 Å². The molecule has 0 atom stereocenters. The van der Waals surface area contributed by atoms with Crippen molar-refractivity contribution in [2.24, 2.45) is 5.73 Å². The number of carbonyl (C=O) groups is 1. The summed E-state index contributed by atoms with van der Waals surface area (Å²) in [6.45, 7) is 6.15. The summed E-state index contributed by atoms with van der Waals surface area (Å²) in [6, 6.07) is 6.69. The van der Waals surface area contributed by atoms with E-state index in [0.717, 1.165) is 28.0 Å². The smallest absolute Gasteiger partial charge is 0.277 e. The molecule has 0 spiro atoms. The molecule has 3 N–H and O–H groups in total. The topological polar surface area (TPSA) is 110 Å². The quantitative estimate of drug-likeness (QED) is 0.485. The van der Waals surface area contributed by atoms with E-state index in [1.165, 1.54) is 48.1 Å². The van der Waals surface area contributed by atoms with Crippen molar-refractivity contribution in [3.8, 4) is 11.3 Å². The standard InChI is InChI=1S/C15H14N4.C8H12N2OS/c1-2-4-11-7-12(6-5-10(11)3-1)14-13-8-18-19-15(13)17-9-16-14;1-8(2,3)5-4-12-7(10-5)6(9)11/h5-9H,1-4H2,(H,16,17,18,19);4H,1-3H3,(H2,9,11). The molecule has 1 aliphatic rings. The minimum atomic E-state index is -0.449. The molecule has 1 amide bonds. The van der Waals surface area contributed by atoms with Gasteiger partial charge in [-0.2, -0.15) is 5.10 Å². The highest BCUT2D eigenvalue weighted by Crippen LogP contribution is 2.29. The summed E-state index contributed by atoms with van der Waals surface area (Å²) < 4.78 is 0. The summed E-state index contributed by atoms with van der Waals surface area (Å²) in [6.07, 6.45) is 8.38. The van der Waals surface area contributed by atoms with Crippen molar-refractivity contribution in [2.75, 3.05) is 0 Å². The number of aromatic amines is 1. The number of primary amides is 1. The van der Waals surface area contributed by atoms with Crippen LogP contribution in [0.3, 0.4) is 0 Å². The Morgan fingerprint density at radius 2 is 1.90 bits per heavy atom. The third-order valence-corrected chi connectivity index (χ3v) is 6.21. The Kier molecular flexibility index (Phi) is 5.82. The molecule has 4 aromatic rings. The van der Waals surface area contributed by atoms with E-state index in [2.05, 4.69) is 43.3 Å². The number of benzene rings is 1. The lowest BCUT2D eigenvalue weighted by Crippen LogP contribution is -2.14. The number of nitrogens with one attached hydrogen (secondary N) is 1. The number of thiazole rings is 1. The van der Waals surface area contributed by atoms with Crippen molar-refractivity contribution >= 4 is 28.3 Å². The number of fused-ring (bicyclic) bond motifs is 2. The highest BCUT2D eigenvalue weighted by Gasteiger charge is 2.18. The van der Waals surface area contributed by atoms with E-state index in [1.54, 1.807) is 12.5 Å². The van der Waals surface area contributed by atoms with E-state index in [0.29, 0.717) is 5.01 Å². The first-order chi connectivity index (χ1) is 14.8. The van der Waals surface area contributed by atoms with Gasteiger partial charge in [0, 0.05) is 16.4 Å². The molecule has 5 rings (SSSR count). The fourth-order valence-electron chi connectivity index (χ4n) is 3.61. The lowest BCUT2D eigenvalue weighted by molar-refractivity contribution is 0.0999. The number of carbonyl (C=O) groups excluding carboxylic acids is 1. The lowest BCUT2D eigenvalue weighted by Gasteiger charge is -2.16. The Labute approximate surface area is 185 Å². The molecule has 0 saturated carbocycles. The Bertz CT molecular complexity index is 1220. The van der Waals surface area contributed by atoms with Crippen LogP contribution < -0.4 is 5.73 Å². The molecule has 3 aromatic heterocycles. The third-order valence-electron chi connectivity index (χ3n) is 5.35. The second-order valence-electron chi connectivity index (χ2n) is 8.70. The van der Waals surface area contributed by atoms with E-state index in [9.17, 15) is 4.79 Å². The van der Waals surface area contributed by atoms with Crippen LogP contribution in [0.1, 0.15) is 60.2 Å². The summed E-state index contributed by atoms with van der Waals surface area (Å²) in [7, 11) is 0. The van der Waals surface area contributed by atoms with Crippen molar-refractivity contribution < 1.29 is 4.79 Å². The minimum absolute atomic E-state index is 0.00972. The van der Waals surface area contributed by atoms with Gasteiger partial charge in [-0.05, 0) is 42.9 Å². The Balaban J connectivity index is 0.000000168. The highest BCUT2D eigenvalue weighted by molar-refractivity contribution is 7.11. The van der Waals surface area contributed by atoms with Crippen LogP contribution in [0.25, 0.3) is 22.3 Å². The lowest BCUT2D eigenvalue weighted by atomic mass is 9.90. The van der Waals surface area contributed by atoms with E-state index in [1.807, 2.05) is 26.2 Å². The summed E-state index contributed by atoms with van der Waals surface area (Å²) in [5.74, 6) is -0.449. The molecule has 3 heterocycles. The SMILES string of the molecule is CC(C)(C)c1csc(C(N)=O)n1.c1nc(-c2ccc3c(c2)CCCC3)c2cn[nH]c2n1. The number of aromatic nitrogens is 5. The zero-order valence-electron chi connectivity index (χ0n) is 18.0. The van der Waals surface area contributed by atoms with E-state index < -0.39 is 5.91 Å². The molecule has 7 nitrogen and oxygen atoms in total. The van der Waals surface area contributed by atoms with Crippen LogP contribution in [-0.4, -0.2) is 31.1 Å².